The monoisotopic (exact) mass is 1310 g/mol. The van der Waals surface area contributed by atoms with E-state index in [1.165, 1.54) is 199 Å². The molecular formula is C83H168N8O2. The van der Waals surface area contributed by atoms with Crippen molar-refractivity contribution >= 4 is 11.6 Å². The van der Waals surface area contributed by atoms with Crippen molar-refractivity contribution in [1.82, 2.24) is 30.2 Å². The van der Waals surface area contributed by atoms with Crippen LogP contribution in [0.2, 0.25) is 0 Å². The van der Waals surface area contributed by atoms with E-state index in [0.717, 1.165) is 60.5 Å². The Hall–Kier alpha value is -2.84. The number of ether oxygens (including phenoxy) is 1. The Morgan fingerprint density at radius 3 is 1.08 bits per heavy atom. The third-order valence-electron chi connectivity index (χ3n) is 20.6. The van der Waals surface area contributed by atoms with Gasteiger partial charge in [-0.05, 0) is 151 Å². The highest BCUT2D eigenvalue weighted by Crippen LogP contribution is 2.49. The smallest absolute Gasteiger partial charge is 0.236 e. The summed E-state index contributed by atoms with van der Waals surface area (Å²) in [6, 6.07) is 13.1. The van der Waals surface area contributed by atoms with Crippen molar-refractivity contribution in [2.24, 2.45) is 56.7 Å². The van der Waals surface area contributed by atoms with E-state index in [-0.39, 0.29) is 0 Å². The third-order valence-corrected chi connectivity index (χ3v) is 20.6. The van der Waals surface area contributed by atoms with Crippen LogP contribution in [0.25, 0.3) is 0 Å². The molecule has 0 atom stereocenters. The van der Waals surface area contributed by atoms with E-state index >= 15 is 0 Å². The maximum Gasteiger partial charge on any atom is 0.236 e. The summed E-state index contributed by atoms with van der Waals surface area (Å²) in [6.07, 6.45) is 31.0. The minimum Gasteiger partial charge on any atom is -0.483 e. The molecule has 5 saturated heterocycles. The van der Waals surface area contributed by atoms with Gasteiger partial charge in [-0.15, -0.1) is 0 Å². The molecule has 10 heteroatoms. The highest BCUT2D eigenvalue weighted by molar-refractivity contribution is 5.79. The van der Waals surface area contributed by atoms with Crippen LogP contribution in [0.1, 0.15) is 307 Å². The molecule has 5 aliphatic heterocycles. The van der Waals surface area contributed by atoms with Gasteiger partial charge in [-0.3, -0.25) is 9.69 Å². The Morgan fingerprint density at radius 1 is 0.527 bits per heavy atom. The number of likely N-dealkylation sites (N-methyl/N-ethyl adjacent to an activating group) is 1. The number of unbranched alkanes of at least 4 members (excludes halogenated alkanes) is 1. The van der Waals surface area contributed by atoms with Gasteiger partial charge >= 0.3 is 0 Å². The van der Waals surface area contributed by atoms with Gasteiger partial charge < -0.3 is 35.0 Å². The molecule has 5 aliphatic carbocycles. The molecule has 2 N–H and O–H groups in total. The normalized spacial score (nSPS) is 23.3. The fraction of sp³-hybridized carbons (Fsp3) is 0.880. The molecule has 0 radical (unpaired) electrons. The lowest BCUT2D eigenvalue weighted by Gasteiger charge is -2.54. The van der Waals surface area contributed by atoms with E-state index in [4.69, 9.17) is 10.00 Å². The molecule has 10 nitrogen and oxygen atoms in total. The number of carbonyl (C=O) groups is 1. The van der Waals surface area contributed by atoms with Gasteiger partial charge in [0, 0.05) is 87.4 Å². The molecule has 11 rings (SSSR count). The molecule has 1 aromatic rings. The van der Waals surface area contributed by atoms with E-state index in [0.29, 0.717) is 40.7 Å². The van der Waals surface area contributed by atoms with Crippen LogP contribution in [-0.4, -0.2) is 139 Å². The van der Waals surface area contributed by atoms with Crippen LogP contribution in [0.4, 0.5) is 5.69 Å². The number of nitrogens with one attached hydrogen (secondary N) is 2. The molecule has 10 aliphatic rings. The number of amides is 1. The summed E-state index contributed by atoms with van der Waals surface area (Å²) >= 11 is 0. The van der Waals surface area contributed by atoms with Gasteiger partial charge in [0.25, 0.3) is 0 Å². The summed E-state index contributed by atoms with van der Waals surface area (Å²) < 4.78 is 5.14. The predicted octanol–water partition coefficient (Wildman–Crippen LogP) is 22.0. The number of likely N-dealkylation sites (tertiary alicyclic amines) is 3. The standard InChI is InChI=1S/C15H21N.C13H24N2O.C12H21NO.C11H18N2.C9H17N.C4H10.C3H9N.8C2H6/c1-13-7-9-15(10-8-13)11-16(12-15)14-5-3-2-4-6-14;1-11-4-6-13(7-5-11)9-15(10-13)12(16)8-14(2)3;1-10-4-6-12(7-5-10)8-13(9-12)11(2)14-3;1-10-2-4-11(5-3-10)8-13(9-11)7-6-12;1-8-2-4-9(5-3-8)6-10-7-9;2*1-3-4-2;8*1-2/h2-6,13H,7-12H2,1H3;11H,4-10H2,1-3H3;10H,2,4-9H2,1,3H3;10H,2-5,7-9H2,1H3;8,10H,2-7H2,1H3;3-4H2,1-2H3;4H,3H2,1-2H3;8*1-2H3. The highest BCUT2D eigenvalue weighted by Gasteiger charge is 2.48. The van der Waals surface area contributed by atoms with Crippen LogP contribution >= 0.6 is 0 Å². The molecule has 5 heterocycles. The largest absolute Gasteiger partial charge is 0.483 e. The van der Waals surface area contributed by atoms with Crippen LogP contribution in [-0.2, 0) is 9.53 Å². The number of nitrogens with zero attached hydrogens (tertiary/aromatic N) is 6. The van der Waals surface area contributed by atoms with Gasteiger partial charge in [0.15, 0.2) is 5.88 Å². The number of hydrogen-bond donors (Lipinski definition) is 2. The second-order valence-corrected chi connectivity index (χ2v) is 28.2. The number of para-hydroxylation sites is 1. The Morgan fingerprint density at radius 2 is 0.817 bits per heavy atom. The second-order valence-electron chi connectivity index (χ2n) is 28.2. The van der Waals surface area contributed by atoms with Crippen LogP contribution in [0.5, 0.6) is 0 Å². The van der Waals surface area contributed by atoms with Gasteiger partial charge in [0.05, 0.1) is 26.3 Å². The number of nitriles is 1. The number of carbonyl (C=O) groups excluding carboxylic acids is 1. The molecule has 1 amide bonds. The average Bonchev–Trinajstić information content (AvgIpc) is 0.816. The summed E-state index contributed by atoms with van der Waals surface area (Å²) in [5.41, 5.74) is 4.62. The quantitative estimate of drug-likeness (QED) is 0.195. The molecular weight excluding hydrogens is 1140 g/mol. The lowest BCUT2D eigenvalue weighted by molar-refractivity contribution is -0.146. The summed E-state index contributed by atoms with van der Waals surface area (Å²) in [5, 5.41) is 14.9. The lowest BCUT2D eigenvalue weighted by atomic mass is 9.66. The zero-order chi connectivity index (χ0) is 72.1. The first kappa shape index (κ1) is 96.5. The molecule has 0 unspecified atom stereocenters. The predicted molar refractivity (Wildman–Crippen MR) is 418 cm³/mol. The maximum absolute atomic E-state index is 11.8. The van der Waals surface area contributed by atoms with Gasteiger partial charge in [-0.25, -0.2) is 0 Å². The zero-order valence-corrected chi connectivity index (χ0v) is 68.2. The fourth-order valence-electron chi connectivity index (χ4n) is 14.0. The molecule has 5 spiro atoms. The molecule has 0 bridgehead atoms. The molecule has 10 fully saturated rings. The molecule has 552 valence electrons. The van der Waals surface area contributed by atoms with Crippen LogP contribution in [0, 0.1) is 68.0 Å². The van der Waals surface area contributed by atoms with Crippen molar-refractivity contribution in [3.8, 4) is 6.07 Å². The second kappa shape index (κ2) is 57.1. The Kier molecular flexibility index (Phi) is 59.3. The number of methoxy groups -OCH3 is 1. The SMILES string of the molecule is C=C(OC)N1CC2(CCC(C)CC2)C1.CC.CC.CC.CC.CC.CC.CC.CC.CC1CCC2(CC1)CN(C(=O)CN(C)C)C2.CC1CCC2(CC1)CN(CC#N)C2.CC1CCC2(CC1)CN(c1ccccc1)C2.CC1CCC2(CC1)CNC2.CCCC.CCNC. The zero-order valence-electron chi connectivity index (χ0n) is 68.2. The number of anilines is 1. The van der Waals surface area contributed by atoms with Crippen LogP contribution in [0.15, 0.2) is 42.8 Å². The van der Waals surface area contributed by atoms with Crippen molar-refractivity contribution in [2.75, 3.05) is 118 Å². The number of rotatable bonds is 8. The molecule has 93 heavy (non-hydrogen) atoms. The first-order valence-electron chi connectivity index (χ1n) is 40.0. The molecule has 5 saturated carbocycles. The highest BCUT2D eigenvalue weighted by atomic mass is 16.5. The summed E-state index contributed by atoms with van der Waals surface area (Å²) in [7, 11) is 7.54. The summed E-state index contributed by atoms with van der Waals surface area (Å²) in [4.78, 5) is 22.9. The first-order valence-corrected chi connectivity index (χ1v) is 40.0. The van der Waals surface area contributed by atoms with Gasteiger partial charge in [0.2, 0.25) is 5.91 Å². The van der Waals surface area contributed by atoms with Gasteiger partial charge in [0.1, 0.15) is 0 Å². The Balaban J connectivity index is -0.000000493. The van der Waals surface area contributed by atoms with Crippen LogP contribution < -0.4 is 15.5 Å². The third kappa shape index (κ3) is 36.5. The van der Waals surface area contributed by atoms with E-state index in [2.05, 4.69) is 124 Å². The van der Waals surface area contributed by atoms with Gasteiger partial charge in [-0.2, -0.15) is 5.26 Å². The number of benzene rings is 1. The lowest BCUT2D eigenvalue weighted by Crippen LogP contribution is -2.60. The van der Waals surface area contributed by atoms with Crippen molar-refractivity contribution < 1.29 is 9.53 Å². The van der Waals surface area contributed by atoms with Crippen molar-refractivity contribution in [3.63, 3.8) is 0 Å². The van der Waals surface area contributed by atoms with E-state index in [9.17, 15) is 4.79 Å². The first-order chi connectivity index (χ1) is 44.8. The van der Waals surface area contributed by atoms with Crippen molar-refractivity contribution in [3.05, 3.63) is 42.8 Å². The Bertz CT molecular complexity index is 1820. The molecule has 1 aromatic carbocycles. The van der Waals surface area contributed by atoms with E-state index in [1.807, 2.05) is 142 Å². The van der Waals surface area contributed by atoms with E-state index < -0.39 is 0 Å². The fourth-order valence-corrected chi connectivity index (χ4v) is 14.0. The topological polar surface area (TPSA) is 90.4 Å². The van der Waals surface area contributed by atoms with Gasteiger partial charge in [-0.1, -0.05) is 261 Å². The minimum absolute atomic E-state index is 0.300. The Labute approximate surface area is 584 Å². The maximum atomic E-state index is 11.8. The summed E-state index contributed by atoms with van der Waals surface area (Å²) in [6.45, 7) is 68.4. The van der Waals surface area contributed by atoms with Crippen LogP contribution in [0.3, 0.4) is 0 Å². The average molecular weight is 1310 g/mol. The minimum atomic E-state index is 0.300. The van der Waals surface area contributed by atoms with Crippen molar-refractivity contribution in [1.29, 1.82) is 5.26 Å². The number of hydrogen-bond acceptors (Lipinski definition) is 9. The summed E-state index contributed by atoms with van der Waals surface area (Å²) in [5.74, 6) is 5.90. The van der Waals surface area contributed by atoms with E-state index in [1.54, 1.807) is 7.11 Å². The van der Waals surface area contributed by atoms with Crippen molar-refractivity contribution in [2.45, 2.75) is 307 Å². The molecule has 0 aromatic heterocycles.